The smallest absolute Gasteiger partial charge is 0.266 e. The molecular weight excluding hydrogens is 352 g/mol. The Hall–Kier alpha value is -2.70. The molecular formula is C19H14N2O2S2. The minimum Gasteiger partial charge on any atom is -0.497 e. The number of nitrogens with one attached hydrogen (secondary N) is 1. The van der Waals surface area contributed by atoms with Gasteiger partial charge >= 0.3 is 0 Å². The summed E-state index contributed by atoms with van der Waals surface area (Å²) in [4.78, 5) is 19.7. The number of hydrogen-bond donors (Lipinski definition) is 1. The molecule has 0 spiro atoms. The number of ether oxygens (including phenoxy) is 1. The van der Waals surface area contributed by atoms with E-state index in [0.717, 1.165) is 31.2 Å². The van der Waals surface area contributed by atoms with E-state index in [9.17, 15) is 4.79 Å². The molecule has 0 amide bonds. The van der Waals surface area contributed by atoms with Crippen molar-refractivity contribution in [3.63, 3.8) is 0 Å². The standard InChI is InChI=1S/C19H14N2O2S2/c1-23-13-8-6-12(7-9-13)10-16-19(22)21-18(25-16)11-17-20-14-4-2-3-5-15(14)24-17/h2-11H,1H3,(H,21,22)/b16-10+,18-11+. The van der Waals surface area contributed by atoms with Gasteiger partial charge in [0.25, 0.3) is 5.56 Å². The molecule has 6 heteroatoms. The molecule has 25 heavy (non-hydrogen) atoms. The van der Waals surface area contributed by atoms with Gasteiger partial charge in [-0.1, -0.05) is 24.3 Å². The van der Waals surface area contributed by atoms with Crippen LogP contribution in [-0.2, 0) is 0 Å². The summed E-state index contributed by atoms with van der Waals surface area (Å²) >= 11 is 3.03. The predicted octanol–water partition coefficient (Wildman–Crippen LogP) is 2.71. The zero-order valence-corrected chi connectivity index (χ0v) is 15.0. The first kappa shape index (κ1) is 15.8. The fourth-order valence-corrected chi connectivity index (χ4v) is 4.32. The second kappa shape index (κ2) is 6.66. The quantitative estimate of drug-likeness (QED) is 0.607. The summed E-state index contributed by atoms with van der Waals surface area (Å²) < 4.78 is 7.74. The molecule has 0 fully saturated rings. The number of para-hydroxylation sites is 1. The van der Waals surface area contributed by atoms with Crippen LogP contribution in [0.5, 0.6) is 5.75 Å². The molecule has 4 nitrogen and oxygen atoms in total. The number of aromatic amines is 1. The Morgan fingerprint density at radius 3 is 2.60 bits per heavy atom. The summed E-state index contributed by atoms with van der Waals surface area (Å²) in [5, 5.41) is 0.884. The number of thiazole rings is 2. The average Bonchev–Trinajstić information content (AvgIpc) is 3.18. The maximum absolute atomic E-state index is 12.2. The first-order valence-corrected chi connectivity index (χ1v) is 9.27. The van der Waals surface area contributed by atoms with E-state index >= 15 is 0 Å². The van der Waals surface area contributed by atoms with Gasteiger partial charge < -0.3 is 9.72 Å². The van der Waals surface area contributed by atoms with Gasteiger partial charge in [-0.05, 0) is 35.9 Å². The summed E-state index contributed by atoms with van der Waals surface area (Å²) in [7, 11) is 1.63. The summed E-state index contributed by atoms with van der Waals surface area (Å²) in [6.45, 7) is 0. The van der Waals surface area contributed by atoms with E-state index in [1.165, 1.54) is 11.3 Å². The lowest BCUT2D eigenvalue weighted by molar-refractivity contribution is 0.415. The number of fused-ring (bicyclic) bond motifs is 1. The molecule has 2 aromatic carbocycles. The highest BCUT2D eigenvalue weighted by molar-refractivity contribution is 7.19. The zero-order valence-electron chi connectivity index (χ0n) is 13.4. The second-order valence-corrected chi connectivity index (χ2v) is 7.51. The number of benzene rings is 2. The zero-order chi connectivity index (χ0) is 17.2. The number of aromatic nitrogens is 2. The van der Waals surface area contributed by atoms with Crippen LogP contribution < -0.4 is 19.5 Å². The molecule has 0 saturated carbocycles. The normalized spacial score (nSPS) is 12.8. The van der Waals surface area contributed by atoms with Gasteiger partial charge in [-0.15, -0.1) is 22.7 Å². The van der Waals surface area contributed by atoms with Crippen LogP contribution in [-0.4, -0.2) is 17.1 Å². The fraction of sp³-hybridized carbons (Fsp3) is 0.0526. The van der Waals surface area contributed by atoms with Crippen molar-refractivity contribution in [3.8, 4) is 5.75 Å². The van der Waals surface area contributed by atoms with Crippen molar-refractivity contribution < 1.29 is 4.74 Å². The number of rotatable bonds is 3. The largest absolute Gasteiger partial charge is 0.497 e. The lowest BCUT2D eigenvalue weighted by Crippen LogP contribution is -2.19. The number of nitrogens with zero attached hydrogens (tertiary/aromatic N) is 1. The molecule has 0 aliphatic rings. The van der Waals surface area contributed by atoms with Crippen LogP contribution in [0.2, 0.25) is 0 Å². The van der Waals surface area contributed by atoms with Crippen LogP contribution in [0.3, 0.4) is 0 Å². The number of methoxy groups -OCH3 is 1. The van der Waals surface area contributed by atoms with Gasteiger partial charge in [0.2, 0.25) is 0 Å². The molecule has 0 saturated heterocycles. The molecule has 0 aliphatic carbocycles. The van der Waals surface area contributed by atoms with Crippen LogP contribution in [0.15, 0.2) is 53.3 Å². The van der Waals surface area contributed by atoms with Gasteiger partial charge in [0.15, 0.2) is 0 Å². The van der Waals surface area contributed by atoms with E-state index in [1.807, 2.05) is 60.7 Å². The minimum absolute atomic E-state index is 0.0896. The minimum atomic E-state index is -0.0896. The van der Waals surface area contributed by atoms with E-state index in [1.54, 1.807) is 18.4 Å². The summed E-state index contributed by atoms with van der Waals surface area (Å²) in [5.74, 6) is 0.794. The van der Waals surface area contributed by atoms with Gasteiger partial charge in [0, 0.05) is 6.08 Å². The monoisotopic (exact) mass is 366 g/mol. The van der Waals surface area contributed by atoms with E-state index in [-0.39, 0.29) is 5.56 Å². The van der Waals surface area contributed by atoms with Crippen LogP contribution >= 0.6 is 22.7 Å². The second-order valence-electron chi connectivity index (χ2n) is 5.37. The molecule has 2 heterocycles. The topological polar surface area (TPSA) is 55.0 Å². The third-order valence-corrected chi connectivity index (χ3v) is 5.61. The Bertz CT molecular complexity index is 1170. The number of H-pyrrole nitrogens is 1. The van der Waals surface area contributed by atoms with E-state index < -0.39 is 0 Å². The van der Waals surface area contributed by atoms with Crippen molar-refractivity contribution >= 4 is 45.0 Å². The van der Waals surface area contributed by atoms with Crippen molar-refractivity contribution in [3.05, 3.63) is 78.7 Å². The maximum atomic E-state index is 12.2. The molecule has 1 N–H and O–H groups in total. The van der Waals surface area contributed by atoms with Crippen molar-refractivity contribution in [1.29, 1.82) is 0 Å². The third-order valence-electron chi connectivity index (χ3n) is 3.66. The molecule has 0 atom stereocenters. The van der Waals surface area contributed by atoms with Crippen molar-refractivity contribution in [1.82, 2.24) is 9.97 Å². The van der Waals surface area contributed by atoms with Gasteiger partial charge in [-0.25, -0.2) is 4.98 Å². The van der Waals surface area contributed by atoms with Crippen molar-refractivity contribution in [2.75, 3.05) is 7.11 Å². The van der Waals surface area contributed by atoms with Crippen LogP contribution in [0.25, 0.3) is 22.4 Å². The molecule has 124 valence electrons. The predicted molar refractivity (Wildman–Crippen MR) is 104 cm³/mol. The van der Waals surface area contributed by atoms with Crippen LogP contribution in [0.1, 0.15) is 10.6 Å². The van der Waals surface area contributed by atoms with Crippen molar-refractivity contribution in [2.24, 2.45) is 0 Å². The van der Waals surface area contributed by atoms with Gasteiger partial charge in [-0.3, -0.25) is 4.79 Å². The first-order chi connectivity index (χ1) is 12.2. The SMILES string of the molecule is COc1ccc(/C=c2/s/c(=C/c3nc4ccccc4s3)[nH]c2=O)cc1. The Balaban J connectivity index is 1.73. The Morgan fingerprint density at radius 1 is 1.04 bits per heavy atom. The number of hydrogen-bond acceptors (Lipinski definition) is 5. The molecule has 2 aromatic heterocycles. The Labute approximate surface area is 151 Å². The maximum Gasteiger partial charge on any atom is 0.266 e. The highest BCUT2D eigenvalue weighted by atomic mass is 32.1. The molecule has 0 radical (unpaired) electrons. The lowest BCUT2D eigenvalue weighted by Gasteiger charge is -1.98. The molecule has 0 bridgehead atoms. The van der Waals surface area contributed by atoms with E-state index in [4.69, 9.17) is 4.74 Å². The first-order valence-electron chi connectivity index (χ1n) is 7.63. The fourth-order valence-electron chi connectivity index (χ4n) is 2.44. The molecule has 0 aliphatic heterocycles. The van der Waals surface area contributed by atoms with Crippen molar-refractivity contribution in [2.45, 2.75) is 0 Å². The summed E-state index contributed by atoms with van der Waals surface area (Å²) in [6.07, 6.45) is 3.79. The Kier molecular flexibility index (Phi) is 4.21. The molecule has 0 unspecified atom stereocenters. The summed E-state index contributed by atoms with van der Waals surface area (Å²) in [6, 6.07) is 15.6. The molecule has 4 aromatic rings. The van der Waals surface area contributed by atoms with Gasteiger partial charge in [0.05, 0.1) is 26.5 Å². The van der Waals surface area contributed by atoms with E-state index in [2.05, 4.69) is 9.97 Å². The Morgan fingerprint density at radius 2 is 1.84 bits per heavy atom. The lowest BCUT2D eigenvalue weighted by atomic mass is 10.2. The summed E-state index contributed by atoms with van der Waals surface area (Å²) in [5.41, 5.74) is 1.84. The third kappa shape index (κ3) is 3.40. The van der Waals surface area contributed by atoms with E-state index in [0.29, 0.717) is 4.53 Å². The van der Waals surface area contributed by atoms with Gasteiger partial charge in [-0.2, -0.15) is 0 Å². The van der Waals surface area contributed by atoms with Crippen LogP contribution in [0.4, 0.5) is 0 Å². The van der Waals surface area contributed by atoms with Crippen LogP contribution in [0, 0.1) is 0 Å². The highest BCUT2D eigenvalue weighted by Crippen LogP contribution is 2.21. The average molecular weight is 366 g/mol. The molecule has 4 rings (SSSR count). The highest BCUT2D eigenvalue weighted by Gasteiger charge is 2.01. The van der Waals surface area contributed by atoms with Gasteiger partial charge in [0.1, 0.15) is 10.8 Å².